The Morgan fingerprint density at radius 3 is 2.67 bits per heavy atom. The summed E-state index contributed by atoms with van der Waals surface area (Å²) in [5.41, 5.74) is 3.75. The molecule has 0 fully saturated rings. The molecule has 2 aromatic carbocycles. The number of carbonyl (C=O) groups is 1. The summed E-state index contributed by atoms with van der Waals surface area (Å²) in [7, 11) is 3.90. The van der Waals surface area contributed by atoms with E-state index in [1.807, 2.05) is 38.9 Å². The number of nitro benzene ring substituents is 1. The fraction of sp³-hybridized carbons (Fsp3) is 0.273. The molecule has 3 rings (SSSR count). The number of non-ortho nitro benzene ring substituents is 1. The van der Waals surface area contributed by atoms with Crippen molar-refractivity contribution in [1.29, 1.82) is 0 Å². The molecular formula is C22H24N4O3S. The van der Waals surface area contributed by atoms with Crippen LogP contribution in [0.1, 0.15) is 16.7 Å². The van der Waals surface area contributed by atoms with Crippen LogP contribution in [0.3, 0.4) is 0 Å². The molecule has 0 saturated carbocycles. The number of likely N-dealkylation sites (N-methyl/N-ethyl adjacent to an activating group) is 1. The second-order valence-electron chi connectivity index (χ2n) is 7.41. The third kappa shape index (κ3) is 5.08. The summed E-state index contributed by atoms with van der Waals surface area (Å²) in [4.78, 5) is 31.9. The first-order valence-electron chi connectivity index (χ1n) is 9.51. The molecule has 0 aliphatic heterocycles. The van der Waals surface area contributed by atoms with E-state index in [-0.39, 0.29) is 11.6 Å². The lowest BCUT2D eigenvalue weighted by atomic mass is 10.1. The molecule has 0 bridgehead atoms. The van der Waals surface area contributed by atoms with Gasteiger partial charge in [0, 0.05) is 31.3 Å². The number of nitro groups is 1. The van der Waals surface area contributed by atoms with Crippen molar-refractivity contribution in [2.75, 3.05) is 32.1 Å². The van der Waals surface area contributed by atoms with Crippen molar-refractivity contribution in [1.82, 2.24) is 9.88 Å². The monoisotopic (exact) mass is 424 g/mol. The molecule has 30 heavy (non-hydrogen) atoms. The Labute approximate surface area is 179 Å². The zero-order valence-corrected chi connectivity index (χ0v) is 18.3. The molecule has 0 atom stereocenters. The normalized spacial score (nSPS) is 11.5. The van der Waals surface area contributed by atoms with Gasteiger partial charge in [-0.2, -0.15) is 0 Å². The van der Waals surface area contributed by atoms with Crippen LogP contribution in [0, 0.1) is 24.0 Å². The number of aromatic nitrogens is 1. The van der Waals surface area contributed by atoms with E-state index in [9.17, 15) is 14.9 Å². The minimum Gasteiger partial charge on any atom is -0.308 e. The maximum atomic E-state index is 13.0. The number of fused-ring (bicyclic) bond motifs is 1. The maximum Gasteiger partial charge on any atom is 0.270 e. The van der Waals surface area contributed by atoms with Crippen LogP contribution in [0.25, 0.3) is 16.3 Å². The number of carbonyl (C=O) groups excluding carboxylic acids is 1. The number of thiazole rings is 1. The molecule has 1 heterocycles. The smallest absolute Gasteiger partial charge is 0.270 e. The number of hydrogen-bond acceptors (Lipinski definition) is 6. The average Bonchev–Trinajstić information content (AvgIpc) is 3.10. The van der Waals surface area contributed by atoms with Crippen LogP contribution >= 0.6 is 11.3 Å². The van der Waals surface area contributed by atoms with Crippen molar-refractivity contribution in [3.8, 4) is 0 Å². The molecule has 0 radical (unpaired) electrons. The lowest BCUT2D eigenvalue weighted by Crippen LogP contribution is -2.35. The first-order valence-corrected chi connectivity index (χ1v) is 10.3. The van der Waals surface area contributed by atoms with E-state index in [0.717, 1.165) is 21.3 Å². The average molecular weight is 425 g/mol. The van der Waals surface area contributed by atoms with Gasteiger partial charge in [0.05, 0.1) is 15.1 Å². The zero-order chi connectivity index (χ0) is 21.8. The van der Waals surface area contributed by atoms with Gasteiger partial charge in [0.1, 0.15) is 0 Å². The van der Waals surface area contributed by atoms with Gasteiger partial charge in [0.15, 0.2) is 5.13 Å². The summed E-state index contributed by atoms with van der Waals surface area (Å²) < 4.78 is 1.07. The van der Waals surface area contributed by atoms with E-state index in [0.29, 0.717) is 23.8 Å². The molecule has 156 valence electrons. The van der Waals surface area contributed by atoms with Crippen LogP contribution in [0.5, 0.6) is 0 Å². The molecule has 3 aromatic rings. The summed E-state index contributed by atoms with van der Waals surface area (Å²) in [6.45, 7) is 5.25. The van der Waals surface area contributed by atoms with Gasteiger partial charge >= 0.3 is 0 Å². The molecule has 0 N–H and O–H groups in total. The predicted octanol–water partition coefficient (Wildman–Crippen LogP) is 4.43. The van der Waals surface area contributed by atoms with Crippen LogP contribution < -0.4 is 4.90 Å². The summed E-state index contributed by atoms with van der Waals surface area (Å²) in [5.74, 6) is -0.211. The van der Waals surface area contributed by atoms with E-state index in [1.165, 1.54) is 29.5 Å². The number of aryl methyl sites for hydroxylation is 2. The van der Waals surface area contributed by atoms with Gasteiger partial charge in [-0.15, -0.1) is 0 Å². The Balaban J connectivity index is 1.91. The highest BCUT2D eigenvalue weighted by Crippen LogP contribution is 2.32. The largest absolute Gasteiger partial charge is 0.308 e. The van der Waals surface area contributed by atoms with Gasteiger partial charge in [-0.3, -0.25) is 19.8 Å². The molecule has 0 aliphatic carbocycles. The number of amides is 1. The highest BCUT2D eigenvalue weighted by Gasteiger charge is 2.19. The molecule has 1 aromatic heterocycles. The van der Waals surface area contributed by atoms with E-state index in [1.54, 1.807) is 23.1 Å². The Bertz CT molecular complexity index is 1120. The van der Waals surface area contributed by atoms with Crippen molar-refractivity contribution >= 4 is 44.4 Å². The predicted molar refractivity (Wildman–Crippen MR) is 122 cm³/mol. The molecule has 0 aliphatic rings. The summed E-state index contributed by atoms with van der Waals surface area (Å²) >= 11 is 1.50. The first kappa shape index (κ1) is 21.6. The van der Waals surface area contributed by atoms with Crippen molar-refractivity contribution in [2.45, 2.75) is 13.8 Å². The molecule has 0 spiro atoms. The van der Waals surface area contributed by atoms with Crippen LogP contribution in [-0.4, -0.2) is 47.9 Å². The number of benzene rings is 2. The van der Waals surface area contributed by atoms with E-state index in [4.69, 9.17) is 4.98 Å². The molecule has 0 unspecified atom stereocenters. The zero-order valence-electron chi connectivity index (χ0n) is 17.5. The highest BCUT2D eigenvalue weighted by atomic mass is 32.1. The minimum absolute atomic E-state index is 0.00826. The number of anilines is 1. The third-order valence-electron chi connectivity index (χ3n) is 4.58. The van der Waals surface area contributed by atoms with Gasteiger partial charge in [-0.25, -0.2) is 4.98 Å². The second kappa shape index (κ2) is 9.15. The topological polar surface area (TPSA) is 79.6 Å². The van der Waals surface area contributed by atoms with Gasteiger partial charge in [0.2, 0.25) is 0 Å². The molecular weight excluding hydrogens is 400 g/mol. The maximum absolute atomic E-state index is 13.0. The standard InChI is InChI=1S/C22H24N4O3S/c1-15-12-16(2)21-19(13-15)23-22(30-21)25(11-10-24(3)4)20(27)9-8-17-6-5-7-18(14-17)26(28)29/h5-9,12-14H,10-11H2,1-4H3. The Kier molecular flexibility index (Phi) is 6.59. The third-order valence-corrected chi connectivity index (χ3v) is 5.81. The number of rotatable bonds is 7. The fourth-order valence-corrected chi connectivity index (χ4v) is 4.13. The molecule has 7 nitrogen and oxygen atoms in total. The fourth-order valence-electron chi connectivity index (χ4n) is 3.08. The Morgan fingerprint density at radius 2 is 1.97 bits per heavy atom. The van der Waals surface area contributed by atoms with Crippen LogP contribution in [0.15, 0.2) is 42.5 Å². The van der Waals surface area contributed by atoms with Crippen molar-refractivity contribution in [2.24, 2.45) is 0 Å². The number of nitrogens with zero attached hydrogens (tertiary/aromatic N) is 4. The van der Waals surface area contributed by atoms with E-state index >= 15 is 0 Å². The second-order valence-corrected chi connectivity index (χ2v) is 8.38. The van der Waals surface area contributed by atoms with Crippen LogP contribution in [0.2, 0.25) is 0 Å². The first-order chi connectivity index (χ1) is 14.2. The van der Waals surface area contributed by atoms with Gasteiger partial charge < -0.3 is 4.90 Å². The summed E-state index contributed by atoms with van der Waals surface area (Å²) in [6, 6.07) is 10.3. The van der Waals surface area contributed by atoms with Crippen molar-refractivity contribution in [3.05, 3.63) is 69.3 Å². The van der Waals surface area contributed by atoms with E-state index < -0.39 is 4.92 Å². The molecule has 0 saturated heterocycles. The van der Waals surface area contributed by atoms with Gasteiger partial charge in [0.25, 0.3) is 11.6 Å². The molecule has 1 amide bonds. The Morgan fingerprint density at radius 1 is 1.20 bits per heavy atom. The van der Waals surface area contributed by atoms with E-state index in [2.05, 4.69) is 6.07 Å². The summed E-state index contributed by atoms with van der Waals surface area (Å²) in [6.07, 6.45) is 3.04. The van der Waals surface area contributed by atoms with Crippen LogP contribution in [0.4, 0.5) is 10.8 Å². The quantitative estimate of drug-likeness (QED) is 0.318. The Hall–Kier alpha value is -3.10. The SMILES string of the molecule is Cc1cc(C)c2sc(N(CCN(C)C)C(=O)C=Cc3cccc([N+](=O)[O-])c3)nc2c1. The summed E-state index contributed by atoms with van der Waals surface area (Å²) in [5, 5.41) is 11.6. The lowest BCUT2D eigenvalue weighted by Gasteiger charge is -2.20. The van der Waals surface area contributed by atoms with Gasteiger partial charge in [-0.05, 0) is 56.8 Å². The molecule has 8 heteroatoms. The van der Waals surface area contributed by atoms with Crippen LogP contribution in [-0.2, 0) is 4.79 Å². The van der Waals surface area contributed by atoms with Gasteiger partial charge in [-0.1, -0.05) is 29.5 Å². The highest BCUT2D eigenvalue weighted by molar-refractivity contribution is 7.22. The van der Waals surface area contributed by atoms with Crippen molar-refractivity contribution < 1.29 is 9.72 Å². The van der Waals surface area contributed by atoms with Crippen molar-refractivity contribution in [3.63, 3.8) is 0 Å². The number of hydrogen-bond donors (Lipinski definition) is 0. The minimum atomic E-state index is -0.450. The lowest BCUT2D eigenvalue weighted by molar-refractivity contribution is -0.384.